The smallest absolute Gasteiger partial charge is 0.323 e. The molecule has 0 radical (unpaired) electrons. The summed E-state index contributed by atoms with van der Waals surface area (Å²) in [5.74, 6) is 0.313. The third-order valence-electron chi connectivity index (χ3n) is 4.79. The van der Waals surface area contributed by atoms with Gasteiger partial charge in [0.25, 0.3) is 0 Å². The van der Waals surface area contributed by atoms with Gasteiger partial charge in [-0.1, -0.05) is 30.3 Å². The molecule has 0 N–H and O–H groups in total. The number of allylic oxidation sites excluding steroid dienone is 3. The minimum Gasteiger partial charge on any atom is -0.468 e. The average molecular weight is 328 g/mol. The summed E-state index contributed by atoms with van der Waals surface area (Å²) in [6, 6.07) is 9.75. The highest BCUT2D eigenvalue weighted by Gasteiger charge is 2.56. The van der Waals surface area contributed by atoms with E-state index in [1.165, 1.54) is 14.2 Å². The Hall–Kier alpha value is -2.56. The molecule has 0 unspecified atom stereocenters. The van der Waals surface area contributed by atoms with Crippen LogP contribution in [0.3, 0.4) is 0 Å². The van der Waals surface area contributed by atoms with Crippen LogP contribution in [0, 0.1) is 11.3 Å². The number of carbonyl (C=O) groups is 2. The van der Waals surface area contributed by atoms with Gasteiger partial charge in [0.2, 0.25) is 0 Å². The maximum absolute atomic E-state index is 12.3. The number of rotatable bonds is 3. The minimum absolute atomic E-state index is 0.0489. The van der Waals surface area contributed by atoms with Gasteiger partial charge in [0, 0.05) is 11.5 Å². The number of benzene rings is 1. The van der Waals surface area contributed by atoms with Crippen LogP contribution in [-0.4, -0.2) is 26.2 Å². The lowest BCUT2D eigenvalue weighted by atomic mass is 9.85. The van der Waals surface area contributed by atoms with Crippen LogP contribution in [0.1, 0.15) is 25.3 Å². The predicted octanol–water partition coefficient (Wildman–Crippen LogP) is 3.07. The summed E-state index contributed by atoms with van der Waals surface area (Å²) < 4.78 is 15.7. The van der Waals surface area contributed by atoms with Gasteiger partial charge in [-0.2, -0.15) is 0 Å². The fourth-order valence-electron chi connectivity index (χ4n) is 3.56. The van der Waals surface area contributed by atoms with E-state index in [2.05, 4.69) is 0 Å². The zero-order chi connectivity index (χ0) is 17.3. The average Bonchev–Trinajstić information content (AvgIpc) is 3.02. The molecule has 1 fully saturated rings. The molecule has 126 valence electrons. The summed E-state index contributed by atoms with van der Waals surface area (Å²) in [7, 11) is 2.58. The van der Waals surface area contributed by atoms with E-state index in [1.54, 1.807) is 0 Å². The first-order valence-electron chi connectivity index (χ1n) is 7.83. The highest BCUT2D eigenvalue weighted by molar-refractivity contribution is 6.01. The maximum atomic E-state index is 12.3. The molecule has 1 aromatic carbocycles. The van der Waals surface area contributed by atoms with Crippen LogP contribution in [-0.2, 0) is 23.8 Å². The second kappa shape index (κ2) is 6.15. The first kappa shape index (κ1) is 16.3. The van der Waals surface area contributed by atoms with Gasteiger partial charge in [0.05, 0.1) is 14.2 Å². The van der Waals surface area contributed by atoms with E-state index >= 15 is 0 Å². The molecular formula is C19H20O5. The fourth-order valence-corrected chi connectivity index (χ4v) is 3.56. The number of hydrogen-bond acceptors (Lipinski definition) is 5. The molecule has 1 heterocycles. The Balaban J connectivity index is 1.99. The summed E-state index contributed by atoms with van der Waals surface area (Å²) in [6.07, 6.45) is 2.57. The highest BCUT2D eigenvalue weighted by Crippen LogP contribution is 2.51. The van der Waals surface area contributed by atoms with Crippen molar-refractivity contribution in [2.24, 2.45) is 11.3 Å². The number of fused-ring (bicyclic) bond motifs is 1. The van der Waals surface area contributed by atoms with Crippen molar-refractivity contribution < 1.29 is 23.8 Å². The second-order valence-electron chi connectivity index (χ2n) is 6.13. The molecular weight excluding hydrogens is 308 g/mol. The molecule has 5 nitrogen and oxygen atoms in total. The summed E-state index contributed by atoms with van der Waals surface area (Å²) >= 11 is 0. The van der Waals surface area contributed by atoms with Gasteiger partial charge in [-0.15, -0.1) is 0 Å². The number of carbonyl (C=O) groups excluding carboxylic acids is 2. The Kier molecular flexibility index (Phi) is 4.18. The van der Waals surface area contributed by atoms with Crippen molar-refractivity contribution in [3.05, 3.63) is 53.3 Å². The van der Waals surface area contributed by atoms with Crippen molar-refractivity contribution >= 4 is 17.7 Å². The molecule has 5 heteroatoms. The molecule has 0 amide bonds. The number of ether oxygens (including phenoxy) is 3. The van der Waals surface area contributed by atoms with Crippen LogP contribution < -0.4 is 0 Å². The first-order valence-corrected chi connectivity index (χ1v) is 7.83. The first-order chi connectivity index (χ1) is 11.5. The van der Waals surface area contributed by atoms with E-state index < -0.39 is 17.4 Å². The van der Waals surface area contributed by atoms with E-state index in [1.807, 2.05) is 43.3 Å². The normalized spacial score (nSPS) is 21.5. The monoisotopic (exact) mass is 328 g/mol. The molecule has 1 aliphatic carbocycles. The van der Waals surface area contributed by atoms with E-state index in [9.17, 15) is 9.59 Å². The van der Waals surface area contributed by atoms with E-state index in [0.717, 1.165) is 22.7 Å². The minimum atomic E-state index is -1.29. The van der Waals surface area contributed by atoms with Crippen LogP contribution in [0.25, 0.3) is 5.76 Å². The molecule has 3 rings (SSSR count). The van der Waals surface area contributed by atoms with E-state index in [-0.39, 0.29) is 12.3 Å². The van der Waals surface area contributed by atoms with Gasteiger partial charge in [-0.05, 0) is 31.4 Å². The second-order valence-corrected chi connectivity index (χ2v) is 6.13. The van der Waals surface area contributed by atoms with Crippen molar-refractivity contribution in [3.63, 3.8) is 0 Å². The number of hydrogen-bond donors (Lipinski definition) is 0. The Morgan fingerprint density at radius 1 is 1.12 bits per heavy atom. The molecule has 1 aromatic rings. The van der Waals surface area contributed by atoms with Crippen LogP contribution in [0.15, 0.2) is 47.7 Å². The lowest BCUT2D eigenvalue weighted by Gasteiger charge is -2.22. The number of esters is 2. The topological polar surface area (TPSA) is 61.8 Å². The van der Waals surface area contributed by atoms with Gasteiger partial charge in [-0.25, -0.2) is 0 Å². The molecule has 2 aliphatic rings. The lowest BCUT2D eigenvalue weighted by Crippen LogP contribution is -2.39. The van der Waals surface area contributed by atoms with Gasteiger partial charge >= 0.3 is 11.9 Å². The molecule has 1 atom stereocenters. The third-order valence-corrected chi connectivity index (χ3v) is 4.79. The zero-order valence-corrected chi connectivity index (χ0v) is 14.0. The number of methoxy groups -OCH3 is 2. The molecule has 0 spiro atoms. The zero-order valence-electron chi connectivity index (χ0n) is 14.0. The van der Waals surface area contributed by atoms with Crippen molar-refractivity contribution in [1.82, 2.24) is 0 Å². The SMILES string of the molecule is COC(=O)C1(C(=O)OC)CC2=C(C)OC(c3ccccc3)=C[C@@H]2C1. The van der Waals surface area contributed by atoms with E-state index in [0.29, 0.717) is 6.42 Å². The lowest BCUT2D eigenvalue weighted by molar-refractivity contribution is -0.168. The van der Waals surface area contributed by atoms with Crippen molar-refractivity contribution in [2.75, 3.05) is 14.2 Å². The van der Waals surface area contributed by atoms with Gasteiger partial charge in [0.15, 0.2) is 5.41 Å². The van der Waals surface area contributed by atoms with Crippen molar-refractivity contribution in [2.45, 2.75) is 19.8 Å². The molecule has 1 saturated carbocycles. The standard InChI is InChI=1S/C19H20O5/c1-12-15-11-19(17(20)22-2,18(21)23-3)10-14(15)9-16(24-12)13-7-5-4-6-8-13/h4-9,14H,10-11H2,1-3H3/t14-/m1/s1. The Morgan fingerprint density at radius 3 is 2.33 bits per heavy atom. The molecule has 0 saturated heterocycles. The molecule has 24 heavy (non-hydrogen) atoms. The Morgan fingerprint density at radius 2 is 1.75 bits per heavy atom. The third kappa shape index (κ3) is 2.50. The van der Waals surface area contributed by atoms with Crippen LogP contribution >= 0.6 is 0 Å². The van der Waals surface area contributed by atoms with Crippen LogP contribution in [0.5, 0.6) is 0 Å². The maximum Gasteiger partial charge on any atom is 0.323 e. The Bertz CT molecular complexity index is 713. The summed E-state index contributed by atoms with van der Waals surface area (Å²) in [6.45, 7) is 1.86. The van der Waals surface area contributed by atoms with E-state index in [4.69, 9.17) is 14.2 Å². The quantitative estimate of drug-likeness (QED) is 0.630. The highest BCUT2D eigenvalue weighted by atomic mass is 16.5. The van der Waals surface area contributed by atoms with Crippen molar-refractivity contribution in [3.8, 4) is 0 Å². The van der Waals surface area contributed by atoms with Crippen LogP contribution in [0.4, 0.5) is 0 Å². The molecule has 0 bridgehead atoms. The molecule has 0 aromatic heterocycles. The summed E-state index contributed by atoms with van der Waals surface area (Å²) in [4.78, 5) is 24.7. The Labute approximate surface area is 140 Å². The summed E-state index contributed by atoms with van der Waals surface area (Å²) in [5, 5.41) is 0. The predicted molar refractivity (Wildman–Crippen MR) is 87.4 cm³/mol. The van der Waals surface area contributed by atoms with Gasteiger partial charge < -0.3 is 14.2 Å². The van der Waals surface area contributed by atoms with Gasteiger partial charge in [-0.3, -0.25) is 9.59 Å². The molecule has 1 aliphatic heterocycles. The summed E-state index contributed by atoms with van der Waals surface area (Å²) in [5.41, 5.74) is 0.617. The van der Waals surface area contributed by atoms with Gasteiger partial charge in [0.1, 0.15) is 11.5 Å². The fraction of sp³-hybridized carbons (Fsp3) is 0.368. The largest absolute Gasteiger partial charge is 0.468 e. The van der Waals surface area contributed by atoms with Crippen LogP contribution in [0.2, 0.25) is 0 Å². The van der Waals surface area contributed by atoms with Crippen molar-refractivity contribution in [1.29, 1.82) is 0 Å².